The number of nitrogens with one attached hydrogen (secondary N) is 1. The summed E-state index contributed by atoms with van der Waals surface area (Å²) in [6.45, 7) is 2.93. The second-order valence-corrected chi connectivity index (χ2v) is 5.54. The summed E-state index contributed by atoms with van der Waals surface area (Å²) in [6.07, 6.45) is 0. The fourth-order valence-electron chi connectivity index (χ4n) is 2.26. The molecule has 1 amide bonds. The summed E-state index contributed by atoms with van der Waals surface area (Å²) in [6, 6.07) is 9.32. The number of nitrogens with zero attached hydrogens (tertiary/aromatic N) is 1. The van der Waals surface area contributed by atoms with E-state index in [4.69, 9.17) is 9.47 Å². The molecule has 2 rings (SSSR count). The van der Waals surface area contributed by atoms with Crippen molar-refractivity contribution in [2.75, 3.05) is 19.0 Å². The smallest absolute Gasteiger partial charge is 0.342 e. The lowest BCUT2D eigenvalue weighted by atomic mass is 10.1. The number of amides is 1. The van der Waals surface area contributed by atoms with Gasteiger partial charge in [0.05, 0.1) is 12.0 Å². The molecule has 0 unspecified atom stereocenters. The van der Waals surface area contributed by atoms with Gasteiger partial charge in [-0.1, -0.05) is 12.1 Å². The Morgan fingerprint density at radius 2 is 1.81 bits per heavy atom. The van der Waals surface area contributed by atoms with Gasteiger partial charge in [-0.15, -0.1) is 0 Å². The van der Waals surface area contributed by atoms with E-state index in [1.165, 1.54) is 25.3 Å². The first kappa shape index (κ1) is 18.9. The number of para-hydroxylation sites is 1. The third-order valence-corrected chi connectivity index (χ3v) is 3.74. The average Bonchev–Trinajstić information content (AvgIpc) is 2.62. The van der Waals surface area contributed by atoms with E-state index in [0.29, 0.717) is 5.75 Å². The van der Waals surface area contributed by atoms with Crippen LogP contribution in [-0.2, 0) is 9.53 Å². The van der Waals surface area contributed by atoms with Crippen LogP contribution in [0.3, 0.4) is 0 Å². The largest absolute Gasteiger partial charge is 0.496 e. The van der Waals surface area contributed by atoms with Gasteiger partial charge < -0.3 is 14.8 Å². The van der Waals surface area contributed by atoms with Gasteiger partial charge in [-0.3, -0.25) is 14.9 Å². The number of esters is 1. The lowest BCUT2D eigenvalue weighted by molar-refractivity contribution is -0.384. The number of anilines is 1. The molecule has 0 atom stereocenters. The maximum absolute atomic E-state index is 12.1. The minimum absolute atomic E-state index is 0.0523. The third-order valence-electron chi connectivity index (χ3n) is 3.74. The van der Waals surface area contributed by atoms with Crippen LogP contribution in [0.2, 0.25) is 0 Å². The number of aryl methyl sites for hydroxylation is 2. The van der Waals surface area contributed by atoms with Crippen molar-refractivity contribution in [2.45, 2.75) is 13.8 Å². The Kier molecular flexibility index (Phi) is 5.90. The summed E-state index contributed by atoms with van der Waals surface area (Å²) in [5.41, 5.74) is 1.53. The second kappa shape index (κ2) is 8.11. The third kappa shape index (κ3) is 4.35. The summed E-state index contributed by atoms with van der Waals surface area (Å²) in [5, 5.41) is 13.5. The molecule has 0 saturated heterocycles. The van der Waals surface area contributed by atoms with Crippen molar-refractivity contribution >= 4 is 23.3 Å². The standard InChI is InChI=1S/C18H18N2O6/c1-11-8-14(15(20(23)24)9-12(11)2)19-17(21)10-26-18(22)13-6-4-5-7-16(13)25-3/h4-9H,10H2,1-3H3,(H,19,21). The molecular weight excluding hydrogens is 340 g/mol. The van der Waals surface area contributed by atoms with Gasteiger partial charge in [0, 0.05) is 6.07 Å². The molecule has 0 aliphatic heterocycles. The monoisotopic (exact) mass is 358 g/mol. The number of nitro benzene ring substituents is 1. The van der Waals surface area contributed by atoms with Crippen molar-refractivity contribution in [3.63, 3.8) is 0 Å². The molecule has 0 saturated carbocycles. The molecule has 2 aromatic rings. The molecule has 0 radical (unpaired) electrons. The molecule has 0 fully saturated rings. The highest BCUT2D eigenvalue weighted by molar-refractivity contribution is 5.97. The number of hydrogen-bond acceptors (Lipinski definition) is 6. The van der Waals surface area contributed by atoms with Crippen LogP contribution in [-0.4, -0.2) is 30.5 Å². The summed E-state index contributed by atoms with van der Waals surface area (Å²) >= 11 is 0. The predicted molar refractivity (Wildman–Crippen MR) is 94.5 cm³/mol. The number of carbonyl (C=O) groups is 2. The van der Waals surface area contributed by atoms with Gasteiger partial charge >= 0.3 is 5.97 Å². The zero-order valence-electron chi connectivity index (χ0n) is 14.6. The molecule has 136 valence electrons. The quantitative estimate of drug-likeness (QED) is 0.483. The van der Waals surface area contributed by atoms with Crippen molar-refractivity contribution < 1.29 is 24.0 Å². The van der Waals surface area contributed by atoms with Crippen LogP contribution in [0.15, 0.2) is 36.4 Å². The number of hydrogen-bond donors (Lipinski definition) is 1. The number of ether oxygens (including phenoxy) is 2. The van der Waals surface area contributed by atoms with Crippen LogP contribution in [0, 0.1) is 24.0 Å². The minimum atomic E-state index is -0.729. The van der Waals surface area contributed by atoms with Crippen molar-refractivity contribution in [3.8, 4) is 5.75 Å². The van der Waals surface area contributed by atoms with Crippen LogP contribution in [0.1, 0.15) is 21.5 Å². The first-order valence-electron chi connectivity index (χ1n) is 7.69. The fourth-order valence-corrected chi connectivity index (χ4v) is 2.26. The normalized spacial score (nSPS) is 10.1. The summed E-state index contributed by atoms with van der Waals surface area (Å²) in [4.78, 5) is 34.7. The van der Waals surface area contributed by atoms with E-state index in [1.54, 1.807) is 32.0 Å². The van der Waals surface area contributed by atoms with Crippen molar-refractivity contribution in [1.29, 1.82) is 0 Å². The lowest BCUT2D eigenvalue weighted by Gasteiger charge is -2.10. The van der Waals surface area contributed by atoms with Gasteiger partial charge in [-0.05, 0) is 43.2 Å². The Morgan fingerprint density at radius 1 is 1.15 bits per heavy atom. The van der Waals surface area contributed by atoms with Gasteiger partial charge in [-0.2, -0.15) is 0 Å². The molecule has 0 aliphatic carbocycles. The van der Waals surface area contributed by atoms with Crippen LogP contribution >= 0.6 is 0 Å². The second-order valence-electron chi connectivity index (χ2n) is 5.54. The molecule has 0 bridgehead atoms. The Bertz CT molecular complexity index is 863. The van der Waals surface area contributed by atoms with Gasteiger partial charge in [0.2, 0.25) is 0 Å². The highest BCUT2D eigenvalue weighted by Gasteiger charge is 2.19. The number of carbonyl (C=O) groups excluding carboxylic acids is 2. The van der Waals surface area contributed by atoms with Crippen LogP contribution in [0.5, 0.6) is 5.75 Å². The van der Waals surface area contributed by atoms with Gasteiger partial charge in [0.15, 0.2) is 6.61 Å². The summed E-state index contributed by atoms with van der Waals surface area (Å²) in [7, 11) is 1.41. The topological polar surface area (TPSA) is 108 Å². The molecule has 0 heterocycles. The number of rotatable bonds is 6. The lowest BCUT2D eigenvalue weighted by Crippen LogP contribution is -2.21. The highest BCUT2D eigenvalue weighted by Crippen LogP contribution is 2.28. The van der Waals surface area contributed by atoms with E-state index in [0.717, 1.165) is 11.1 Å². The maximum atomic E-state index is 12.1. The Morgan fingerprint density at radius 3 is 2.46 bits per heavy atom. The Balaban J connectivity index is 2.07. The van der Waals surface area contributed by atoms with Crippen molar-refractivity contribution in [3.05, 3.63) is 63.2 Å². The Hall–Kier alpha value is -3.42. The van der Waals surface area contributed by atoms with E-state index in [2.05, 4.69) is 5.32 Å². The van der Waals surface area contributed by atoms with E-state index in [-0.39, 0.29) is 16.9 Å². The van der Waals surface area contributed by atoms with Crippen molar-refractivity contribution in [2.24, 2.45) is 0 Å². The predicted octanol–water partition coefficient (Wildman–Crippen LogP) is 3.02. The molecule has 0 spiro atoms. The van der Waals surface area contributed by atoms with Gasteiger partial charge in [0.25, 0.3) is 11.6 Å². The molecule has 0 aliphatic rings. The Labute approximate surface area is 149 Å². The van der Waals surface area contributed by atoms with Crippen LogP contribution in [0.4, 0.5) is 11.4 Å². The molecule has 2 aromatic carbocycles. The summed E-state index contributed by atoms with van der Waals surface area (Å²) in [5.74, 6) is -1.09. The number of benzene rings is 2. The summed E-state index contributed by atoms with van der Waals surface area (Å²) < 4.78 is 10.0. The minimum Gasteiger partial charge on any atom is -0.496 e. The zero-order valence-corrected chi connectivity index (χ0v) is 14.6. The maximum Gasteiger partial charge on any atom is 0.342 e. The number of nitro groups is 1. The fraction of sp³-hybridized carbons (Fsp3) is 0.222. The molecule has 8 heteroatoms. The van der Waals surface area contributed by atoms with E-state index < -0.39 is 23.4 Å². The molecule has 0 aromatic heterocycles. The van der Waals surface area contributed by atoms with E-state index >= 15 is 0 Å². The molecular formula is C18H18N2O6. The van der Waals surface area contributed by atoms with Gasteiger partial charge in [0.1, 0.15) is 17.0 Å². The first-order chi connectivity index (χ1) is 12.3. The van der Waals surface area contributed by atoms with Crippen molar-refractivity contribution in [1.82, 2.24) is 0 Å². The average molecular weight is 358 g/mol. The van der Waals surface area contributed by atoms with E-state index in [1.807, 2.05) is 0 Å². The number of methoxy groups -OCH3 is 1. The van der Waals surface area contributed by atoms with E-state index in [9.17, 15) is 19.7 Å². The SMILES string of the molecule is COc1ccccc1C(=O)OCC(=O)Nc1cc(C)c(C)cc1[N+](=O)[O-]. The zero-order chi connectivity index (χ0) is 19.3. The molecule has 8 nitrogen and oxygen atoms in total. The molecule has 26 heavy (non-hydrogen) atoms. The molecule has 1 N–H and O–H groups in total. The highest BCUT2D eigenvalue weighted by atomic mass is 16.6. The van der Waals surface area contributed by atoms with Gasteiger partial charge in [-0.25, -0.2) is 4.79 Å². The van der Waals surface area contributed by atoms with Crippen LogP contribution in [0.25, 0.3) is 0 Å². The first-order valence-corrected chi connectivity index (χ1v) is 7.69. The van der Waals surface area contributed by atoms with Crippen LogP contribution < -0.4 is 10.1 Å².